The Balaban J connectivity index is 1.91. The summed E-state index contributed by atoms with van der Waals surface area (Å²) in [4.78, 5) is 21.5. The third-order valence-corrected chi connectivity index (χ3v) is 4.51. The Morgan fingerprint density at radius 2 is 1.72 bits per heavy atom. The van der Waals surface area contributed by atoms with Crippen molar-refractivity contribution in [3.8, 4) is 17.3 Å². The average molecular weight is 385 g/mol. The molecule has 6 heteroatoms. The maximum atomic E-state index is 13.1. The van der Waals surface area contributed by atoms with Crippen LogP contribution in [0.5, 0.6) is 11.6 Å². The fraction of sp³-hybridized carbons (Fsp3) is 0.0870. The molecule has 0 aliphatic heterocycles. The number of aromatic nitrogens is 2. The molecule has 0 radical (unpaired) electrons. The van der Waals surface area contributed by atoms with Crippen molar-refractivity contribution in [1.29, 1.82) is 0 Å². The van der Waals surface area contributed by atoms with Crippen LogP contribution in [0.1, 0.15) is 12.5 Å². The zero-order valence-electron chi connectivity index (χ0n) is 15.8. The molecule has 0 amide bonds. The first-order valence-corrected chi connectivity index (χ1v) is 9.23. The van der Waals surface area contributed by atoms with Crippen LogP contribution in [0, 0.1) is 0 Å². The molecule has 0 bridgehead atoms. The summed E-state index contributed by atoms with van der Waals surface area (Å²) in [6.07, 6.45) is 4.86. The number of pyridine rings is 2. The monoisotopic (exact) mass is 385 g/mol. The predicted octanol–water partition coefficient (Wildman–Crippen LogP) is 4.24. The lowest BCUT2D eigenvalue weighted by atomic mass is 10.1. The first kappa shape index (κ1) is 18.4. The molecular formula is C23H19N3O3. The third-order valence-electron chi connectivity index (χ3n) is 4.51. The van der Waals surface area contributed by atoms with E-state index in [1.165, 1.54) is 4.57 Å². The molecule has 4 rings (SSSR count). The van der Waals surface area contributed by atoms with E-state index in [9.17, 15) is 9.90 Å². The van der Waals surface area contributed by atoms with E-state index in [-0.39, 0.29) is 11.4 Å². The van der Waals surface area contributed by atoms with Gasteiger partial charge in [-0.3, -0.25) is 14.8 Å². The highest BCUT2D eigenvalue weighted by Gasteiger charge is 2.16. The van der Waals surface area contributed by atoms with Crippen molar-refractivity contribution in [2.75, 3.05) is 6.61 Å². The minimum absolute atomic E-state index is 0.171. The normalized spacial score (nSPS) is 11.2. The zero-order valence-corrected chi connectivity index (χ0v) is 15.8. The number of ether oxygens (including phenoxy) is 1. The number of fused-ring (bicyclic) bond motifs is 1. The highest BCUT2D eigenvalue weighted by Crippen LogP contribution is 2.27. The fourth-order valence-electron chi connectivity index (χ4n) is 3.16. The average Bonchev–Trinajstić information content (AvgIpc) is 2.76. The summed E-state index contributed by atoms with van der Waals surface area (Å²) in [5.41, 5.74) is 1.40. The molecule has 2 heterocycles. The molecule has 1 N–H and O–H groups in total. The van der Waals surface area contributed by atoms with E-state index in [0.717, 1.165) is 0 Å². The highest BCUT2D eigenvalue weighted by atomic mass is 16.5. The second-order valence-electron chi connectivity index (χ2n) is 6.31. The van der Waals surface area contributed by atoms with E-state index in [4.69, 9.17) is 4.74 Å². The first-order chi connectivity index (χ1) is 14.2. The molecule has 0 aliphatic rings. The highest BCUT2D eigenvalue weighted by molar-refractivity contribution is 6.02. The fourth-order valence-corrected chi connectivity index (χ4v) is 3.16. The number of rotatable bonds is 5. The van der Waals surface area contributed by atoms with Gasteiger partial charge in [-0.25, -0.2) is 4.57 Å². The van der Waals surface area contributed by atoms with Crippen molar-refractivity contribution in [2.24, 2.45) is 4.99 Å². The van der Waals surface area contributed by atoms with Crippen LogP contribution < -0.4 is 10.3 Å². The van der Waals surface area contributed by atoms with Crippen LogP contribution in [0.2, 0.25) is 0 Å². The summed E-state index contributed by atoms with van der Waals surface area (Å²) < 4.78 is 6.75. The minimum atomic E-state index is -0.302. The summed E-state index contributed by atoms with van der Waals surface area (Å²) in [6.45, 7) is 2.46. The number of aromatic hydroxyl groups is 1. The Morgan fingerprint density at radius 1 is 1.03 bits per heavy atom. The van der Waals surface area contributed by atoms with Gasteiger partial charge in [0.1, 0.15) is 5.75 Å². The van der Waals surface area contributed by atoms with Gasteiger partial charge in [-0.05, 0) is 49.4 Å². The van der Waals surface area contributed by atoms with Gasteiger partial charge in [-0.1, -0.05) is 18.2 Å². The third kappa shape index (κ3) is 3.60. The van der Waals surface area contributed by atoms with E-state index >= 15 is 0 Å². The quantitative estimate of drug-likeness (QED) is 0.521. The number of hydrogen-bond donors (Lipinski definition) is 1. The largest absolute Gasteiger partial charge is 0.494 e. The van der Waals surface area contributed by atoms with Gasteiger partial charge in [0.15, 0.2) is 0 Å². The van der Waals surface area contributed by atoms with Gasteiger partial charge in [0.05, 0.1) is 23.5 Å². The van der Waals surface area contributed by atoms with Gasteiger partial charge in [-0.15, -0.1) is 0 Å². The maximum absolute atomic E-state index is 13.1. The Morgan fingerprint density at radius 3 is 2.41 bits per heavy atom. The summed E-state index contributed by atoms with van der Waals surface area (Å²) in [5, 5.41) is 12.1. The van der Waals surface area contributed by atoms with E-state index in [1.54, 1.807) is 73.2 Å². The second kappa shape index (κ2) is 7.98. The molecule has 0 unspecified atom stereocenters. The van der Waals surface area contributed by atoms with Crippen molar-refractivity contribution >= 4 is 22.7 Å². The lowest BCUT2D eigenvalue weighted by Crippen LogP contribution is -2.20. The summed E-state index contributed by atoms with van der Waals surface area (Å²) in [6, 6.07) is 17.7. The van der Waals surface area contributed by atoms with Crippen LogP contribution in [-0.4, -0.2) is 27.5 Å². The van der Waals surface area contributed by atoms with E-state index in [1.807, 2.05) is 13.0 Å². The van der Waals surface area contributed by atoms with Crippen LogP contribution in [0.3, 0.4) is 0 Å². The number of aliphatic imine (C=N–C) groups is 1. The Hall–Kier alpha value is -3.93. The van der Waals surface area contributed by atoms with Crippen molar-refractivity contribution in [1.82, 2.24) is 9.55 Å². The van der Waals surface area contributed by atoms with E-state index < -0.39 is 0 Å². The summed E-state index contributed by atoms with van der Waals surface area (Å²) in [7, 11) is 0. The van der Waals surface area contributed by atoms with Gasteiger partial charge in [0.2, 0.25) is 5.88 Å². The lowest BCUT2D eigenvalue weighted by Gasteiger charge is -2.14. The zero-order chi connectivity index (χ0) is 20.2. The number of nitrogens with zero attached hydrogens (tertiary/aromatic N) is 3. The topological polar surface area (TPSA) is 76.7 Å². The Kier molecular flexibility index (Phi) is 5.07. The van der Waals surface area contributed by atoms with E-state index in [0.29, 0.717) is 40.1 Å². The molecule has 2 aromatic heterocycles. The molecule has 0 saturated carbocycles. The van der Waals surface area contributed by atoms with Crippen molar-refractivity contribution in [3.05, 3.63) is 89.0 Å². The summed E-state index contributed by atoms with van der Waals surface area (Å²) >= 11 is 0. The van der Waals surface area contributed by atoms with Gasteiger partial charge in [0.25, 0.3) is 5.56 Å². The van der Waals surface area contributed by atoms with Crippen LogP contribution in [0.4, 0.5) is 5.69 Å². The van der Waals surface area contributed by atoms with E-state index in [2.05, 4.69) is 9.98 Å². The lowest BCUT2D eigenvalue weighted by molar-refractivity contribution is 0.340. The molecule has 144 valence electrons. The van der Waals surface area contributed by atoms with Crippen molar-refractivity contribution in [3.63, 3.8) is 0 Å². The molecular weight excluding hydrogens is 366 g/mol. The van der Waals surface area contributed by atoms with Crippen LogP contribution in [0.25, 0.3) is 16.5 Å². The summed E-state index contributed by atoms with van der Waals surface area (Å²) in [5.74, 6) is 0.528. The van der Waals surface area contributed by atoms with Gasteiger partial charge >= 0.3 is 0 Å². The second-order valence-corrected chi connectivity index (χ2v) is 6.31. The molecule has 0 saturated heterocycles. The predicted molar refractivity (Wildman–Crippen MR) is 114 cm³/mol. The maximum Gasteiger partial charge on any atom is 0.265 e. The molecule has 0 atom stereocenters. The molecule has 6 nitrogen and oxygen atoms in total. The Bertz CT molecular complexity index is 1230. The molecule has 0 aliphatic carbocycles. The smallest absolute Gasteiger partial charge is 0.265 e. The minimum Gasteiger partial charge on any atom is -0.494 e. The van der Waals surface area contributed by atoms with Gasteiger partial charge < -0.3 is 9.84 Å². The van der Waals surface area contributed by atoms with Crippen molar-refractivity contribution < 1.29 is 9.84 Å². The van der Waals surface area contributed by atoms with Crippen LogP contribution in [-0.2, 0) is 0 Å². The van der Waals surface area contributed by atoms with Crippen LogP contribution >= 0.6 is 0 Å². The van der Waals surface area contributed by atoms with Gasteiger partial charge in [0, 0.05) is 29.4 Å². The molecule has 0 fully saturated rings. The number of hydrogen-bond acceptors (Lipinski definition) is 5. The van der Waals surface area contributed by atoms with Crippen molar-refractivity contribution in [2.45, 2.75) is 6.92 Å². The Labute approximate surface area is 167 Å². The SMILES string of the molecule is CCOc1ccc(-n2c(O)c(C=Nc3ccncc3)c3ccccc3c2=O)cc1. The molecule has 4 aromatic rings. The van der Waals surface area contributed by atoms with Gasteiger partial charge in [-0.2, -0.15) is 0 Å². The molecule has 2 aromatic carbocycles. The number of benzene rings is 2. The standard InChI is InChI=1S/C23H19N3O3/c1-2-29-18-9-7-17(8-10-18)26-22(27)20-6-4-3-5-19(20)21(23(26)28)15-25-16-11-13-24-14-12-16/h3-15,28H,2H2,1H3. The van der Waals surface area contributed by atoms with Crippen LogP contribution in [0.15, 0.2) is 82.8 Å². The molecule has 29 heavy (non-hydrogen) atoms. The first-order valence-electron chi connectivity index (χ1n) is 9.23. The molecule has 0 spiro atoms.